The predicted octanol–water partition coefficient (Wildman–Crippen LogP) is 4.22. The Labute approximate surface area is 164 Å². The fraction of sp³-hybridized carbons (Fsp3) is 0.429. The highest BCUT2D eigenvalue weighted by Crippen LogP contribution is 2.28. The summed E-state index contributed by atoms with van der Waals surface area (Å²) >= 11 is 1.71. The maximum Gasteiger partial charge on any atom is 0.138 e. The Morgan fingerprint density at radius 2 is 1.89 bits per heavy atom. The number of nitrogens with zero attached hydrogens (tertiary/aromatic N) is 3. The van der Waals surface area contributed by atoms with Crippen LogP contribution in [0.3, 0.4) is 0 Å². The quantitative estimate of drug-likeness (QED) is 0.716. The molecule has 4 rings (SSSR count). The molecule has 2 atom stereocenters. The lowest BCUT2D eigenvalue weighted by molar-refractivity contribution is -0.0705. The fourth-order valence-corrected chi connectivity index (χ4v) is 4.68. The Morgan fingerprint density at radius 3 is 2.67 bits per heavy atom. The number of morpholine rings is 1. The van der Waals surface area contributed by atoms with Crippen molar-refractivity contribution < 1.29 is 4.74 Å². The van der Waals surface area contributed by atoms with Crippen LogP contribution in [0.2, 0.25) is 0 Å². The van der Waals surface area contributed by atoms with Crippen LogP contribution in [-0.4, -0.2) is 40.2 Å². The molecule has 0 amide bonds. The molecule has 1 fully saturated rings. The zero-order chi connectivity index (χ0) is 18.8. The molecule has 2 unspecified atom stereocenters. The van der Waals surface area contributed by atoms with E-state index in [0.717, 1.165) is 42.2 Å². The monoisotopic (exact) mass is 382 g/mol. The number of rotatable bonds is 5. The molecule has 6 heteroatoms. The van der Waals surface area contributed by atoms with Crippen molar-refractivity contribution in [1.29, 1.82) is 0 Å². The van der Waals surface area contributed by atoms with Crippen LogP contribution in [0.25, 0.3) is 10.2 Å². The second kappa shape index (κ2) is 7.92. The van der Waals surface area contributed by atoms with Gasteiger partial charge in [-0.2, -0.15) is 0 Å². The Balaban J connectivity index is 1.49. The van der Waals surface area contributed by atoms with Gasteiger partial charge in [0.05, 0.1) is 17.6 Å². The van der Waals surface area contributed by atoms with Crippen molar-refractivity contribution in [1.82, 2.24) is 14.9 Å². The number of hydrogen-bond acceptors (Lipinski definition) is 6. The van der Waals surface area contributed by atoms with Crippen LogP contribution in [0.15, 0.2) is 36.7 Å². The SMILES string of the molecule is Cc1cc2c(NCc3ccccc3CN3CC(C)OC(C)C3)ncnc2s1. The molecule has 2 aromatic heterocycles. The molecule has 0 saturated carbocycles. The van der Waals surface area contributed by atoms with Gasteiger partial charge in [0.25, 0.3) is 0 Å². The van der Waals surface area contributed by atoms with E-state index in [1.54, 1.807) is 17.7 Å². The first kappa shape index (κ1) is 18.3. The van der Waals surface area contributed by atoms with Crippen molar-refractivity contribution >= 4 is 27.4 Å². The molecule has 0 aliphatic carbocycles. The van der Waals surface area contributed by atoms with Crippen molar-refractivity contribution in [2.24, 2.45) is 0 Å². The minimum absolute atomic E-state index is 0.287. The van der Waals surface area contributed by atoms with Gasteiger partial charge in [-0.3, -0.25) is 4.90 Å². The van der Waals surface area contributed by atoms with Crippen molar-refractivity contribution in [3.05, 3.63) is 52.7 Å². The third-order valence-corrected chi connectivity index (χ3v) is 5.86. The van der Waals surface area contributed by atoms with E-state index in [-0.39, 0.29) is 12.2 Å². The average Bonchev–Trinajstić information content (AvgIpc) is 3.01. The molecule has 5 nitrogen and oxygen atoms in total. The number of thiophene rings is 1. The summed E-state index contributed by atoms with van der Waals surface area (Å²) in [4.78, 5) is 13.6. The number of anilines is 1. The topological polar surface area (TPSA) is 50.3 Å². The largest absolute Gasteiger partial charge is 0.373 e. The van der Waals surface area contributed by atoms with Crippen molar-refractivity contribution in [2.45, 2.75) is 46.1 Å². The van der Waals surface area contributed by atoms with Gasteiger partial charge in [-0.25, -0.2) is 9.97 Å². The molecule has 1 saturated heterocycles. The molecule has 142 valence electrons. The van der Waals surface area contributed by atoms with Gasteiger partial charge in [0.2, 0.25) is 0 Å². The van der Waals surface area contributed by atoms with Crippen LogP contribution in [0, 0.1) is 6.92 Å². The van der Waals surface area contributed by atoms with E-state index in [2.05, 4.69) is 71.3 Å². The van der Waals surface area contributed by atoms with Gasteiger partial charge in [0.1, 0.15) is 17.0 Å². The summed E-state index contributed by atoms with van der Waals surface area (Å²) in [5.74, 6) is 0.910. The number of aryl methyl sites for hydroxylation is 1. The van der Waals surface area contributed by atoms with Gasteiger partial charge in [0, 0.05) is 31.1 Å². The predicted molar refractivity (Wildman–Crippen MR) is 111 cm³/mol. The summed E-state index contributed by atoms with van der Waals surface area (Å²) < 4.78 is 5.87. The molecule has 3 aromatic rings. The third kappa shape index (κ3) is 4.29. The standard InChI is InChI=1S/C21H26N4OS/c1-14-10-25(11-15(2)26-14)12-18-7-5-4-6-17(18)9-22-20-19-8-16(3)27-21(19)24-13-23-20/h4-8,13-15H,9-12H2,1-3H3,(H,22,23,24). The zero-order valence-electron chi connectivity index (χ0n) is 16.1. The van der Waals surface area contributed by atoms with Crippen LogP contribution in [-0.2, 0) is 17.8 Å². The lowest BCUT2D eigenvalue weighted by Gasteiger charge is -2.35. The van der Waals surface area contributed by atoms with Crippen molar-refractivity contribution in [2.75, 3.05) is 18.4 Å². The number of aromatic nitrogens is 2. The Morgan fingerprint density at radius 1 is 1.15 bits per heavy atom. The smallest absolute Gasteiger partial charge is 0.138 e. The highest BCUT2D eigenvalue weighted by atomic mass is 32.1. The van der Waals surface area contributed by atoms with E-state index in [4.69, 9.17) is 4.74 Å². The van der Waals surface area contributed by atoms with Gasteiger partial charge in [-0.1, -0.05) is 24.3 Å². The van der Waals surface area contributed by atoms with Gasteiger partial charge in [-0.15, -0.1) is 11.3 Å². The van der Waals surface area contributed by atoms with E-state index in [1.165, 1.54) is 16.0 Å². The highest BCUT2D eigenvalue weighted by molar-refractivity contribution is 7.18. The number of fused-ring (bicyclic) bond motifs is 1. The molecule has 27 heavy (non-hydrogen) atoms. The summed E-state index contributed by atoms with van der Waals surface area (Å²) in [6, 6.07) is 10.8. The molecular formula is C21H26N4OS. The van der Waals surface area contributed by atoms with Crippen LogP contribution in [0.1, 0.15) is 29.9 Å². The lowest BCUT2D eigenvalue weighted by atomic mass is 10.1. The molecule has 1 aliphatic rings. The summed E-state index contributed by atoms with van der Waals surface area (Å²) in [7, 11) is 0. The van der Waals surface area contributed by atoms with Gasteiger partial charge in [-0.05, 0) is 38.0 Å². The maximum atomic E-state index is 5.87. The second-order valence-electron chi connectivity index (χ2n) is 7.37. The molecule has 1 aliphatic heterocycles. The average molecular weight is 383 g/mol. The van der Waals surface area contributed by atoms with Crippen LogP contribution < -0.4 is 5.32 Å². The number of ether oxygens (including phenoxy) is 1. The minimum atomic E-state index is 0.287. The molecule has 3 heterocycles. The van der Waals surface area contributed by atoms with Gasteiger partial charge < -0.3 is 10.1 Å². The molecule has 1 N–H and O–H groups in total. The van der Waals surface area contributed by atoms with Gasteiger partial charge >= 0.3 is 0 Å². The molecular weight excluding hydrogens is 356 g/mol. The first-order chi connectivity index (χ1) is 13.1. The zero-order valence-corrected chi connectivity index (χ0v) is 16.9. The first-order valence-electron chi connectivity index (χ1n) is 9.48. The van der Waals surface area contributed by atoms with Crippen LogP contribution in [0.5, 0.6) is 0 Å². The van der Waals surface area contributed by atoms with Gasteiger partial charge in [0.15, 0.2) is 0 Å². The van der Waals surface area contributed by atoms with E-state index < -0.39 is 0 Å². The summed E-state index contributed by atoms with van der Waals surface area (Å²) in [6.07, 6.45) is 2.22. The van der Waals surface area contributed by atoms with Crippen LogP contribution >= 0.6 is 11.3 Å². The van der Waals surface area contributed by atoms with E-state index in [9.17, 15) is 0 Å². The number of nitrogens with one attached hydrogen (secondary N) is 1. The van der Waals surface area contributed by atoms with Crippen molar-refractivity contribution in [3.63, 3.8) is 0 Å². The summed E-state index contributed by atoms with van der Waals surface area (Å²) in [5.41, 5.74) is 2.67. The Bertz CT molecular complexity index is 915. The second-order valence-corrected chi connectivity index (χ2v) is 8.61. The van der Waals surface area contributed by atoms with Crippen LogP contribution in [0.4, 0.5) is 5.82 Å². The molecule has 0 bridgehead atoms. The number of benzene rings is 1. The summed E-state index contributed by atoms with van der Waals surface area (Å²) in [5, 5.41) is 4.63. The summed E-state index contributed by atoms with van der Waals surface area (Å²) in [6.45, 7) is 10.1. The Hall–Kier alpha value is -2.02. The normalized spacial score (nSPS) is 20.9. The van der Waals surface area contributed by atoms with Crippen molar-refractivity contribution in [3.8, 4) is 0 Å². The first-order valence-corrected chi connectivity index (χ1v) is 10.3. The Kier molecular flexibility index (Phi) is 5.38. The van der Waals surface area contributed by atoms with E-state index in [0.29, 0.717) is 0 Å². The molecule has 0 spiro atoms. The molecule has 0 radical (unpaired) electrons. The maximum absolute atomic E-state index is 5.87. The lowest BCUT2D eigenvalue weighted by Crippen LogP contribution is -2.44. The third-order valence-electron chi connectivity index (χ3n) is 4.91. The van der Waals surface area contributed by atoms with E-state index in [1.807, 2.05) is 0 Å². The highest BCUT2D eigenvalue weighted by Gasteiger charge is 2.22. The fourth-order valence-electron chi connectivity index (χ4n) is 3.83. The molecule has 1 aromatic carbocycles. The van der Waals surface area contributed by atoms with E-state index >= 15 is 0 Å². The number of hydrogen-bond donors (Lipinski definition) is 1. The minimum Gasteiger partial charge on any atom is -0.373 e.